The molecule has 5 heteroatoms. The van der Waals surface area contributed by atoms with Gasteiger partial charge < -0.3 is 20.6 Å². The van der Waals surface area contributed by atoms with E-state index in [2.05, 4.69) is 5.32 Å². The fourth-order valence-corrected chi connectivity index (χ4v) is 3.35. The van der Waals surface area contributed by atoms with Gasteiger partial charge >= 0.3 is 5.97 Å². The van der Waals surface area contributed by atoms with Crippen LogP contribution < -0.4 is 5.32 Å². The SMILES string of the molecule is O.O=C(OC1C[C@H]2CC[C@@H](C1)N2)C(CO)c1ccccc1. The molecule has 2 saturated heterocycles. The van der Waals surface area contributed by atoms with E-state index in [0.717, 1.165) is 18.4 Å². The van der Waals surface area contributed by atoms with Crippen molar-refractivity contribution >= 4 is 5.97 Å². The third-order valence-electron chi connectivity index (χ3n) is 4.38. The van der Waals surface area contributed by atoms with Gasteiger partial charge in [0.1, 0.15) is 12.0 Å². The molecule has 2 fully saturated rings. The number of hydrogen-bond acceptors (Lipinski definition) is 4. The van der Waals surface area contributed by atoms with E-state index in [9.17, 15) is 9.90 Å². The molecule has 1 aromatic rings. The molecule has 2 unspecified atom stereocenters. The van der Waals surface area contributed by atoms with E-state index >= 15 is 0 Å². The van der Waals surface area contributed by atoms with Gasteiger partial charge in [-0.1, -0.05) is 30.3 Å². The molecule has 2 bridgehead atoms. The third-order valence-corrected chi connectivity index (χ3v) is 4.38. The minimum Gasteiger partial charge on any atom is -0.462 e. The summed E-state index contributed by atoms with van der Waals surface area (Å²) in [5, 5.41) is 13.0. The largest absolute Gasteiger partial charge is 0.462 e. The Labute approximate surface area is 124 Å². The van der Waals surface area contributed by atoms with Crippen LogP contribution in [0, 0.1) is 0 Å². The summed E-state index contributed by atoms with van der Waals surface area (Å²) in [6.07, 6.45) is 4.16. The monoisotopic (exact) mass is 293 g/mol. The lowest BCUT2D eigenvalue weighted by atomic mass is 9.99. The normalized spacial score (nSPS) is 28.5. The average Bonchev–Trinajstić information content (AvgIpc) is 2.80. The van der Waals surface area contributed by atoms with Gasteiger partial charge in [0.15, 0.2) is 0 Å². The summed E-state index contributed by atoms with van der Waals surface area (Å²) in [7, 11) is 0. The second kappa shape index (κ2) is 7.02. The minimum atomic E-state index is -0.566. The smallest absolute Gasteiger partial charge is 0.316 e. The van der Waals surface area contributed by atoms with Crippen LogP contribution in [0.5, 0.6) is 0 Å². The number of esters is 1. The molecule has 2 aliphatic heterocycles. The molecule has 4 atom stereocenters. The molecule has 4 N–H and O–H groups in total. The van der Waals surface area contributed by atoms with Crippen LogP contribution in [-0.2, 0) is 9.53 Å². The highest BCUT2D eigenvalue weighted by Gasteiger charge is 2.36. The maximum absolute atomic E-state index is 12.3. The molecule has 1 aromatic carbocycles. The minimum absolute atomic E-state index is 0. The van der Waals surface area contributed by atoms with Crippen molar-refractivity contribution in [3.8, 4) is 0 Å². The number of carbonyl (C=O) groups excluding carboxylic acids is 1. The van der Waals surface area contributed by atoms with E-state index in [4.69, 9.17) is 4.74 Å². The second-order valence-corrected chi connectivity index (χ2v) is 5.81. The molecule has 2 heterocycles. The molecule has 21 heavy (non-hydrogen) atoms. The van der Waals surface area contributed by atoms with Gasteiger partial charge in [0.05, 0.1) is 6.61 Å². The Morgan fingerprint density at radius 3 is 2.43 bits per heavy atom. The summed E-state index contributed by atoms with van der Waals surface area (Å²) in [5.74, 6) is -0.867. The Kier molecular flexibility index (Phi) is 5.33. The van der Waals surface area contributed by atoms with Crippen molar-refractivity contribution in [1.29, 1.82) is 0 Å². The first-order chi connectivity index (χ1) is 9.76. The fraction of sp³-hybridized carbons (Fsp3) is 0.562. The highest BCUT2D eigenvalue weighted by atomic mass is 16.5. The molecular weight excluding hydrogens is 270 g/mol. The van der Waals surface area contributed by atoms with E-state index in [1.165, 1.54) is 12.8 Å². The van der Waals surface area contributed by atoms with E-state index in [0.29, 0.717) is 12.1 Å². The van der Waals surface area contributed by atoms with Crippen LogP contribution in [0.15, 0.2) is 30.3 Å². The first kappa shape index (κ1) is 15.9. The quantitative estimate of drug-likeness (QED) is 0.802. The number of aliphatic hydroxyl groups is 1. The van der Waals surface area contributed by atoms with Crippen LogP contribution in [0.25, 0.3) is 0 Å². The summed E-state index contributed by atoms with van der Waals surface area (Å²) >= 11 is 0. The predicted molar refractivity (Wildman–Crippen MR) is 78.9 cm³/mol. The molecule has 0 radical (unpaired) electrons. The van der Waals surface area contributed by atoms with Crippen molar-refractivity contribution in [2.75, 3.05) is 6.61 Å². The summed E-state index contributed by atoms with van der Waals surface area (Å²) in [4.78, 5) is 12.3. The Bertz CT molecular complexity index is 453. The zero-order valence-electron chi connectivity index (χ0n) is 12.0. The van der Waals surface area contributed by atoms with Gasteiger partial charge in [-0.05, 0) is 31.2 Å². The van der Waals surface area contributed by atoms with Gasteiger partial charge in [0.25, 0.3) is 0 Å². The number of hydrogen-bond donors (Lipinski definition) is 2. The second-order valence-electron chi connectivity index (χ2n) is 5.81. The van der Waals surface area contributed by atoms with Gasteiger partial charge in [-0.25, -0.2) is 0 Å². The number of carbonyl (C=O) groups is 1. The van der Waals surface area contributed by atoms with Crippen LogP contribution >= 0.6 is 0 Å². The third kappa shape index (κ3) is 3.61. The summed E-state index contributed by atoms with van der Waals surface area (Å²) in [5.41, 5.74) is 0.817. The first-order valence-corrected chi connectivity index (χ1v) is 7.38. The zero-order valence-corrected chi connectivity index (χ0v) is 12.0. The van der Waals surface area contributed by atoms with Crippen molar-refractivity contribution in [1.82, 2.24) is 5.32 Å². The van der Waals surface area contributed by atoms with Crippen LogP contribution in [-0.4, -0.2) is 41.3 Å². The first-order valence-electron chi connectivity index (χ1n) is 7.38. The summed E-state index contributed by atoms with van der Waals surface area (Å²) < 4.78 is 5.64. The maximum Gasteiger partial charge on any atom is 0.316 e. The Morgan fingerprint density at radius 2 is 1.86 bits per heavy atom. The Hall–Kier alpha value is -1.43. The number of benzene rings is 1. The molecule has 0 spiro atoms. The highest BCUT2D eigenvalue weighted by Crippen LogP contribution is 2.29. The van der Waals surface area contributed by atoms with E-state index in [1.54, 1.807) is 0 Å². The highest BCUT2D eigenvalue weighted by molar-refractivity contribution is 5.78. The van der Waals surface area contributed by atoms with Gasteiger partial charge in [-0.15, -0.1) is 0 Å². The van der Waals surface area contributed by atoms with Gasteiger partial charge in [-0.2, -0.15) is 0 Å². The number of rotatable bonds is 4. The zero-order chi connectivity index (χ0) is 13.9. The lowest BCUT2D eigenvalue weighted by molar-refractivity contribution is -0.153. The molecule has 2 aliphatic rings. The molecule has 5 nitrogen and oxygen atoms in total. The maximum atomic E-state index is 12.3. The van der Waals surface area contributed by atoms with Crippen molar-refractivity contribution in [3.63, 3.8) is 0 Å². The van der Waals surface area contributed by atoms with Gasteiger partial charge in [0, 0.05) is 12.1 Å². The molecule has 0 amide bonds. The average molecular weight is 293 g/mol. The van der Waals surface area contributed by atoms with Crippen molar-refractivity contribution in [3.05, 3.63) is 35.9 Å². The number of nitrogens with one attached hydrogen (secondary N) is 1. The van der Waals surface area contributed by atoms with Crippen molar-refractivity contribution < 1.29 is 20.1 Å². The number of ether oxygens (including phenoxy) is 1. The van der Waals surface area contributed by atoms with Crippen LogP contribution in [0.3, 0.4) is 0 Å². The lowest BCUT2D eigenvalue weighted by Crippen LogP contribution is -2.42. The fourth-order valence-electron chi connectivity index (χ4n) is 3.35. The topological polar surface area (TPSA) is 90.1 Å². The van der Waals surface area contributed by atoms with Crippen molar-refractivity contribution in [2.24, 2.45) is 0 Å². The van der Waals surface area contributed by atoms with Gasteiger partial charge in [-0.3, -0.25) is 4.79 Å². The van der Waals surface area contributed by atoms with Crippen LogP contribution in [0.2, 0.25) is 0 Å². The molecule has 3 rings (SSSR count). The Morgan fingerprint density at radius 1 is 1.24 bits per heavy atom. The molecule has 116 valence electrons. The molecule has 0 saturated carbocycles. The number of fused-ring (bicyclic) bond motifs is 2. The Balaban J connectivity index is 0.00000161. The molecule has 0 aromatic heterocycles. The summed E-state index contributed by atoms with van der Waals surface area (Å²) in [6.45, 7) is -0.208. The molecular formula is C16H23NO4. The summed E-state index contributed by atoms with van der Waals surface area (Å²) in [6, 6.07) is 10.3. The van der Waals surface area contributed by atoms with Crippen LogP contribution in [0.4, 0.5) is 0 Å². The van der Waals surface area contributed by atoms with Crippen molar-refractivity contribution in [2.45, 2.75) is 49.8 Å². The molecule has 0 aliphatic carbocycles. The van der Waals surface area contributed by atoms with Gasteiger partial charge in [0.2, 0.25) is 0 Å². The van der Waals surface area contributed by atoms with E-state index < -0.39 is 5.92 Å². The van der Waals surface area contributed by atoms with E-state index in [1.807, 2.05) is 30.3 Å². The van der Waals surface area contributed by atoms with E-state index in [-0.39, 0.29) is 24.2 Å². The number of aliphatic hydroxyl groups excluding tert-OH is 1. The number of piperidine rings is 1. The standard InChI is InChI=1S/C16H21NO3.H2O/c18-10-15(11-4-2-1-3-5-11)16(19)20-14-8-12-6-7-13(9-14)17-12;/h1-5,12-15,17-18H,6-10H2;1H2/t12-,13+,14?,15?;. The predicted octanol–water partition coefficient (Wildman–Crippen LogP) is 0.764. The van der Waals surface area contributed by atoms with Crippen LogP contribution in [0.1, 0.15) is 37.2 Å². The lowest BCUT2D eigenvalue weighted by Gasteiger charge is -2.29.